The fourth-order valence-corrected chi connectivity index (χ4v) is 2.84. The van der Waals surface area contributed by atoms with E-state index in [9.17, 15) is 9.59 Å². The standard InChI is InChI=1S/C15H22O3/c1-9-7-10-8-11(16)5-6-12(10)13(9)18-14(17)15(2,3)4/h8-9,12-13H,5-7H2,1-4H3/t9?,12?,13-/m1/s1. The molecule has 3 atom stereocenters. The third-order valence-corrected chi connectivity index (χ3v) is 3.89. The molecule has 3 nitrogen and oxygen atoms in total. The first-order valence-corrected chi connectivity index (χ1v) is 6.73. The number of allylic oxidation sites excluding steroid dienone is 1. The van der Waals surface area contributed by atoms with Gasteiger partial charge in [0.1, 0.15) is 6.10 Å². The van der Waals surface area contributed by atoms with Gasteiger partial charge < -0.3 is 4.74 Å². The molecule has 3 heteroatoms. The monoisotopic (exact) mass is 250 g/mol. The molecule has 2 aliphatic rings. The highest BCUT2D eigenvalue weighted by molar-refractivity contribution is 5.91. The third kappa shape index (κ3) is 2.50. The molecule has 1 saturated carbocycles. The van der Waals surface area contributed by atoms with Crippen LogP contribution in [0, 0.1) is 17.3 Å². The minimum Gasteiger partial charge on any atom is -0.461 e. The van der Waals surface area contributed by atoms with Gasteiger partial charge in [0.05, 0.1) is 5.41 Å². The Kier molecular flexibility index (Phi) is 3.35. The lowest BCUT2D eigenvalue weighted by atomic mass is 9.88. The van der Waals surface area contributed by atoms with E-state index >= 15 is 0 Å². The molecule has 18 heavy (non-hydrogen) atoms. The Morgan fingerprint density at radius 2 is 2.06 bits per heavy atom. The van der Waals surface area contributed by atoms with Crippen LogP contribution in [0.15, 0.2) is 11.6 Å². The van der Waals surface area contributed by atoms with Crippen molar-refractivity contribution in [3.8, 4) is 0 Å². The summed E-state index contributed by atoms with van der Waals surface area (Å²) in [5.41, 5.74) is 0.724. The third-order valence-electron chi connectivity index (χ3n) is 3.89. The lowest BCUT2D eigenvalue weighted by Crippen LogP contribution is -2.33. The maximum atomic E-state index is 12.0. The van der Waals surface area contributed by atoms with E-state index in [0.29, 0.717) is 12.3 Å². The summed E-state index contributed by atoms with van der Waals surface area (Å²) in [5, 5.41) is 0. The number of esters is 1. The predicted molar refractivity (Wildman–Crippen MR) is 68.9 cm³/mol. The summed E-state index contributed by atoms with van der Waals surface area (Å²) in [6, 6.07) is 0. The Hall–Kier alpha value is -1.12. The van der Waals surface area contributed by atoms with E-state index in [-0.39, 0.29) is 23.8 Å². The minimum absolute atomic E-state index is 0.0453. The zero-order valence-electron chi connectivity index (χ0n) is 11.7. The molecule has 0 aromatic carbocycles. The number of fused-ring (bicyclic) bond motifs is 1. The Morgan fingerprint density at radius 3 is 2.67 bits per heavy atom. The highest BCUT2D eigenvalue weighted by atomic mass is 16.5. The smallest absolute Gasteiger partial charge is 0.311 e. The first kappa shape index (κ1) is 13.3. The highest BCUT2D eigenvalue weighted by Crippen LogP contribution is 2.43. The number of ether oxygens (including phenoxy) is 1. The van der Waals surface area contributed by atoms with Crippen LogP contribution >= 0.6 is 0 Å². The van der Waals surface area contributed by atoms with Crippen LogP contribution in [0.25, 0.3) is 0 Å². The number of hydrogen-bond donors (Lipinski definition) is 0. The molecule has 0 aromatic heterocycles. The summed E-state index contributed by atoms with van der Waals surface area (Å²) >= 11 is 0. The summed E-state index contributed by atoms with van der Waals surface area (Å²) in [7, 11) is 0. The zero-order chi connectivity index (χ0) is 13.5. The van der Waals surface area contributed by atoms with E-state index in [1.54, 1.807) is 6.08 Å². The molecular formula is C15H22O3. The van der Waals surface area contributed by atoms with E-state index in [1.807, 2.05) is 20.8 Å². The van der Waals surface area contributed by atoms with Crippen LogP contribution in [0.2, 0.25) is 0 Å². The molecule has 2 rings (SSSR count). The van der Waals surface area contributed by atoms with E-state index in [2.05, 4.69) is 6.92 Å². The van der Waals surface area contributed by atoms with Crippen LogP contribution in [-0.2, 0) is 14.3 Å². The zero-order valence-corrected chi connectivity index (χ0v) is 11.7. The Bertz CT molecular complexity index is 400. The number of carbonyl (C=O) groups is 2. The van der Waals surface area contributed by atoms with Crippen molar-refractivity contribution in [2.45, 2.75) is 53.1 Å². The summed E-state index contributed by atoms with van der Waals surface area (Å²) in [6.45, 7) is 7.71. The van der Waals surface area contributed by atoms with Crippen LogP contribution in [0.5, 0.6) is 0 Å². The average Bonchev–Trinajstić information content (AvgIpc) is 2.53. The van der Waals surface area contributed by atoms with Crippen molar-refractivity contribution >= 4 is 11.8 Å². The van der Waals surface area contributed by atoms with Crippen molar-refractivity contribution in [1.82, 2.24) is 0 Å². The molecule has 0 spiro atoms. The summed E-state index contributed by atoms with van der Waals surface area (Å²) in [6.07, 6.45) is 4.03. The molecule has 1 fully saturated rings. The summed E-state index contributed by atoms with van der Waals surface area (Å²) < 4.78 is 5.70. The van der Waals surface area contributed by atoms with Crippen LogP contribution in [-0.4, -0.2) is 17.9 Å². The second-order valence-corrected chi connectivity index (χ2v) is 6.63. The van der Waals surface area contributed by atoms with Crippen molar-refractivity contribution in [1.29, 1.82) is 0 Å². The van der Waals surface area contributed by atoms with Gasteiger partial charge in [0.2, 0.25) is 0 Å². The Labute approximate surface area is 109 Å². The SMILES string of the molecule is CC1CC2=CC(=O)CCC2[C@@H]1OC(=O)C(C)(C)C. The number of rotatable bonds is 1. The van der Waals surface area contributed by atoms with Gasteiger partial charge in [0, 0.05) is 12.3 Å². The van der Waals surface area contributed by atoms with E-state index in [0.717, 1.165) is 12.8 Å². The molecule has 0 radical (unpaired) electrons. The maximum absolute atomic E-state index is 12.0. The number of hydrogen-bond acceptors (Lipinski definition) is 3. The summed E-state index contributed by atoms with van der Waals surface area (Å²) in [4.78, 5) is 23.4. The molecule has 2 unspecified atom stereocenters. The Balaban J connectivity index is 2.12. The number of carbonyl (C=O) groups excluding carboxylic acids is 2. The molecular weight excluding hydrogens is 228 g/mol. The van der Waals surface area contributed by atoms with Crippen molar-refractivity contribution in [2.75, 3.05) is 0 Å². The van der Waals surface area contributed by atoms with E-state index < -0.39 is 5.41 Å². The van der Waals surface area contributed by atoms with Crippen LogP contribution in [0.3, 0.4) is 0 Å². The van der Waals surface area contributed by atoms with Gasteiger partial charge >= 0.3 is 5.97 Å². The van der Waals surface area contributed by atoms with E-state index in [1.165, 1.54) is 5.57 Å². The normalized spacial score (nSPS) is 31.9. The van der Waals surface area contributed by atoms with Crippen LogP contribution in [0.4, 0.5) is 0 Å². The van der Waals surface area contributed by atoms with Gasteiger partial charge in [0.15, 0.2) is 5.78 Å². The van der Waals surface area contributed by atoms with E-state index in [4.69, 9.17) is 4.74 Å². The first-order valence-electron chi connectivity index (χ1n) is 6.73. The van der Waals surface area contributed by atoms with Crippen molar-refractivity contribution < 1.29 is 14.3 Å². The lowest BCUT2D eigenvalue weighted by molar-refractivity contribution is -0.162. The van der Waals surface area contributed by atoms with Crippen molar-refractivity contribution in [3.63, 3.8) is 0 Å². The molecule has 0 aromatic rings. The fourth-order valence-electron chi connectivity index (χ4n) is 2.84. The maximum Gasteiger partial charge on any atom is 0.311 e. The molecule has 0 aliphatic heterocycles. The molecule has 0 amide bonds. The quantitative estimate of drug-likeness (QED) is 0.672. The van der Waals surface area contributed by atoms with Crippen LogP contribution < -0.4 is 0 Å². The first-order chi connectivity index (χ1) is 8.29. The molecule has 100 valence electrons. The van der Waals surface area contributed by atoms with Crippen molar-refractivity contribution in [2.24, 2.45) is 17.3 Å². The van der Waals surface area contributed by atoms with Crippen molar-refractivity contribution in [3.05, 3.63) is 11.6 Å². The van der Waals surface area contributed by atoms with Gasteiger partial charge in [-0.25, -0.2) is 0 Å². The molecule has 0 N–H and O–H groups in total. The highest BCUT2D eigenvalue weighted by Gasteiger charge is 2.42. The fraction of sp³-hybridized carbons (Fsp3) is 0.733. The second-order valence-electron chi connectivity index (χ2n) is 6.63. The average molecular weight is 250 g/mol. The molecule has 0 bridgehead atoms. The summed E-state index contributed by atoms with van der Waals surface area (Å²) in [5.74, 6) is 0.663. The largest absolute Gasteiger partial charge is 0.461 e. The minimum atomic E-state index is -0.462. The lowest BCUT2D eigenvalue weighted by Gasteiger charge is -2.28. The second kappa shape index (κ2) is 4.52. The van der Waals surface area contributed by atoms with Gasteiger partial charge in [0.25, 0.3) is 0 Å². The van der Waals surface area contributed by atoms with Gasteiger partial charge in [-0.1, -0.05) is 12.5 Å². The Morgan fingerprint density at radius 1 is 1.39 bits per heavy atom. The van der Waals surface area contributed by atoms with Gasteiger partial charge in [-0.3, -0.25) is 9.59 Å². The van der Waals surface area contributed by atoms with Gasteiger partial charge in [-0.2, -0.15) is 0 Å². The predicted octanol–water partition coefficient (Wildman–Crippen LogP) is 2.89. The topological polar surface area (TPSA) is 43.4 Å². The molecule has 2 aliphatic carbocycles. The molecule has 0 saturated heterocycles. The van der Waals surface area contributed by atoms with Crippen LogP contribution in [0.1, 0.15) is 47.0 Å². The number of ketones is 1. The molecule has 0 heterocycles. The van der Waals surface area contributed by atoms with Gasteiger partial charge in [-0.05, 0) is 45.6 Å². The van der Waals surface area contributed by atoms with Gasteiger partial charge in [-0.15, -0.1) is 0 Å².